The molecule has 1 aliphatic heterocycles. The second-order valence-electron chi connectivity index (χ2n) is 11.3. The van der Waals surface area contributed by atoms with Crippen molar-refractivity contribution in [3.63, 3.8) is 0 Å². The molecule has 242 valence electrons. The van der Waals surface area contributed by atoms with Crippen LogP contribution in [0.25, 0.3) is 0 Å². The number of sulfonamides is 1. The number of likely N-dealkylation sites (tertiary alicyclic amines) is 1. The van der Waals surface area contributed by atoms with Crippen LogP contribution in [0.2, 0.25) is 0 Å². The molecule has 1 saturated heterocycles. The third-order valence-corrected chi connectivity index (χ3v) is 9.15. The lowest BCUT2D eigenvalue weighted by Crippen LogP contribution is -2.39. The van der Waals surface area contributed by atoms with Gasteiger partial charge in [0.2, 0.25) is 10.0 Å². The van der Waals surface area contributed by atoms with Crippen molar-refractivity contribution < 1.29 is 30.8 Å². The molecular weight excluding hydrogens is 632 g/mol. The largest absolute Gasteiger partial charge is 0.457 e. The van der Waals surface area contributed by atoms with Crippen LogP contribution < -0.4 is 20.1 Å². The highest BCUT2D eigenvalue weighted by Crippen LogP contribution is 2.27. The van der Waals surface area contributed by atoms with Crippen molar-refractivity contribution in [3.8, 4) is 11.5 Å². The van der Waals surface area contributed by atoms with E-state index < -0.39 is 31.6 Å². The number of halogens is 1. The molecule has 0 saturated carbocycles. The van der Waals surface area contributed by atoms with Crippen LogP contribution >= 0.6 is 0 Å². The first-order chi connectivity index (χ1) is 21.8. The molecule has 46 heavy (non-hydrogen) atoms. The standard InChI is InChI=1S/C33H35FN4O6S2/c1-45(40,41)30-15-16-32(31(21-30)33(39)36-25-7-5-24(34)6-8-25)35-26-17-19-38(20-18-26)22-23-3-11-28(12-4-23)44-29-13-9-27(10-14-29)37-46(2,42)43/h3-16,21,26,35,37H,17-20,22H2,1-2H3,(H,36,39). The Balaban J connectivity index is 1.16. The summed E-state index contributed by atoms with van der Waals surface area (Å²) in [5.41, 5.74) is 2.71. The number of anilines is 3. The smallest absolute Gasteiger partial charge is 0.257 e. The van der Waals surface area contributed by atoms with E-state index in [1.54, 1.807) is 30.3 Å². The van der Waals surface area contributed by atoms with E-state index in [2.05, 4.69) is 20.3 Å². The van der Waals surface area contributed by atoms with E-state index in [9.17, 15) is 26.0 Å². The van der Waals surface area contributed by atoms with E-state index in [4.69, 9.17) is 4.74 Å². The van der Waals surface area contributed by atoms with Crippen molar-refractivity contribution in [1.82, 2.24) is 4.90 Å². The van der Waals surface area contributed by atoms with Gasteiger partial charge in [0, 0.05) is 49.0 Å². The number of sulfone groups is 1. The lowest BCUT2D eigenvalue weighted by Gasteiger charge is -2.33. The molecule has 0 aliphatic carbocycles. The quantitative estimate of drug-likeness (QED) is 0.185. The lowest BCUT2D eigenvalue weighted by molar-refractivity contribution is 0.102. The SMILES string of the molecule is CS(=O)(=O)Nc1ccc(Oc2ccc(CN3CCC(Nc4ccc(S(C)(=O)=O)cc4C(=O)Nc4ccc(F)cc4)CC3)cc2)cc1. The van der Waals surface area contributed by atoms with Gasteiger partial charge in [-0.05, 0) is 97.3 Å². The van der Waals surface area contributed by atoms with E-state index >= 15 is 0 Å². The number of carbonyl (C=O) groups excluding carboxylic acids is 1. The highest BCUT2D eigenvalue weighted by molar-refractivity contribution is 7.92. The summed E-state index contributed by atoms with van der Waals surface area (Å²) in [7, 11) is -6.89. The molecule has 0 radical (unpaired) electrons. The van der Waals surface area contributed by atoms with Gasteiger partial charge in [0.15, 0.2) is 9.84 Å². The molecular formula is C33H35FN4O6S2. The molecule has 4 aromatic carbocycles. The summed E-state index contributed by atoms with van der Waals surface area (Å²) in [6.45, 7) is 2.40. The maximum absolute atomic E-state index is 13.3. The topological polar surface area (TPSA) is 134 Å². The Morgan fingerprint density at radius 3 is 2.00 bits per heavy atom. The van der Waals surface area contributed by atoms with Gasteiger partial charge in [0.05, 0.1) is 16.7 Å². The van der Waals surface area contributed by atoms with E-state index in [0.29, 0.717) is 28.6 Å². The van der Waals surface area contributed by atoms with Crippen LogP contribution in [-0.4, -0.2) is 59.3 Å². The number of benzene rings is 4. The lowest BCUT2D eigenvalue weighted by atomic mass is 10.0. The van der Waals surface area contributed by atoms with E-state index in [1.165, 1.54) is 36.4 Å². The van der Waals surface area contributed by atoms with Gasteiger partial charge in [-0.1, -0.05) is 12.1 Å². The monoisotopic (exact) mass is 666 g/mol. The Morgan fingerprint density at radius 1 is 0.826 bits per heavy atom. The average Bonchev–Trinajstić information content (AvgIpc) is 3.00. The average molecular weight is 667 g/mol. The zero-order valence-electron chi connectivity index (χ0n) is 25.4. The minimum atomic E-state index is -3.54. The number of ether oxygens (including phenoxy) is 1. The predicted octanol–water partition coefficient (Wildman–Crippen LogP) is 5.72. The fourth-order valence-electron chi connectivity index (χ4n) is 5.12. The van der Waals surface area contributed by atoms with Gasteiger partial charge < -0.3 is 15.4 Å². The van der Waals surface area contributed by atoms with E-state index in [-0.39, 0.29) is 16.5 Å². The van der Waals surface area contributed by atoms with Crippen LogP contribution in [0.3, 0.4) is 0 Å². The van der Waals surface area contributed by atoms with Crippen LogP contribution in [0.5, 0.6) is 11.5 Å². The number of amides is 1. The molecule has 0 spiro atoms. The van der Waals surface area contributed by atoms with Gasteiger partial charge in [-0.15, -0.1) is 0 Å². The van der Waals surface area contributed by atoms with Crippen LogP contribution in [0.1, 0.15) is 28.8 Å². The van der Waals surface area contributed by atoms with E-state index in [0.717, 1.165) is 50.6 Å². The highest BCUT2D eigenvalue weighted by Gasteiger charge is 2.23. The van der Waals surface area contributed by atoms with Crippen molar-refractivity contribution >= 4 is 42.8 Å². The summed E-state index contributed by atoms with van der Waals surface area (Å²) in [5.74, 6) is 0.327. The van der Waals surface area contributed by atoms with Crippen molar-refractivity contribution in [3.05, 3.63) is 108 Å². The summed E-state index contributed by atoms with van der Waals surface area (Å²) >= 11 is 0. The third-order valence-electron chi connectivity index (χ3n) is 7.44. The number of rotatable bonds is 11. The minimum Gasteiger partial charge on any atom is -0.457 e. The van der Waals surface area contributed by atoms with Crippen LogP contribution in [0.15, 0.2) is 95.9 Å². The maximum atomic E-state index is 13.3. The molecule has 1 heterocycles. The highest BCUT2D eigenvalue weighted by atomic mass is 32.2. The molecule has 3 N–H and O–H groups in total. The zero-order chi connectivity index (χ0) is 32.9. The fourth-order valence-corrected chi connectivity index (χ4v) is 6.33. The third kappa shape index (κ3) is 9.28. The van der Waals surface area contributed by atoms with Crippen molar-refractivity contribution in [2.75, 3.05) is 41.0 Å². The molecule has 10 nitrogen and oxygen atoms in total. The van der Waals surface area contributed by atoms with Gasteiger partial charge in [-0.3, -0.25) is 14.4 Å². The van der Waals surface area contributed by atoms with Gasteiger partial charge in [-0.25, -0.2) is 21.2 Å². The Kier molecular flexibility index (Phi) is 9.94. The molecule has 0 bridgehead atoms. The molecule has 1 fully saturated rings. The van der Waals surface area contributed by atoms with Crippen molar-refractivity contribution in [1.29, 1.82) is 0 Å². The number of piperidine rings is 1. The van der Waals surface area contributed by atoms with Crippen LogP contribution in [0.4, 0.5) is 21.5 Å². The zero-order valence-corrected chi connectivity index (χ0v) is 27.0. The first kappa shape index (κ1) is 32.9. The predicted molar refractivity (Wildman–Crippen MR) is 177 cm³/mol. The summed E-state index contributed by atoms with van der Waals surface area (Å²) < 4.78 is 68.8. The second-order valence-corrected chi connectivity index (χ2v) is 15.0. The molecule has 0 aromatic heterocycles. The van der Waals surface area contributed by atoms with Crippen molar-refractivity contribution in [2.24, 2.45) is 0 Å². The molecule has 0 unspecified atom stereocenters. The molecule has 1 aliphatic rings. The number of nitrogens with one attached hydrogen (secondary N) is 3. The second kappa shape index (κ2) is 13.9. The van der Waals surface area contributed by atoms with Crippen LogP contribution in [-0.2, 0) is 26.4 Å². The van der Waals surface area contributed by atoms with Gasteiger partial charge in [0.25, 0.3) is 5.91 Å². The molecule has 13 heteroatoms. The van der Waals surface area contributed by atoms with Crippen molar-refractivity contribution in [2.45, 2.75) is 30.3 Å². The Hall–Kier alpha value is -4.46. The number of hydrogen-bond acceptors (Lipinski definition) is 8. The number of nitrogens with zero attached hydrogens (tertiary/aromatic N) is 1. The molecule has 0 atom stereocenters. The number of carbonyl (C=O) groups is 1. The van der Waals surface area contributed by atoms with E-state index in [1.807, 2.05) is 24.3 Å². The normalized spacial score (nSPS) is 14.4. The molecule has 5 rings (SSSR count). The summed E-state index contributed by atoms with van der Waals surface area (Å²) in [6.07, 6.45) is 3.82. The Bertz CT molecular complexity index is 1890. The van der Waals surface area contributed by atoms with Gasteiger partial charge in [0.1, 0.15) is 17.3 Å². The van der Waals surface area contributed by atoms with Gasteiger partial charge >= 0.3 is 0 Å². The number of hydrogen-bond donors (Lipinski definition) is 3. The maximum Gasteiger partial charge on any atom is 0.257 e. The summed E-state index contributed by atoms with van der Waals surface area (Å²) in [5, 5.41) is 6.16. The minimum absolute atomic E-state index is 0.0355. The first-order valence-electron chi connectivity index (χ1n) is 14.6. The Morgan fingerprint density at radius 2 is 1.41 bits per heavy atom. The summed E-state index contributed by atoms with van der Waals surface area (Å²) in [6, 6.07) is 24.4. The van der Waals surface area contributed by atoms with Crippen LogP contribution in [0, 0.1) is 5.82 Å². The van der Waals surface area contributed by atoms with Gasteiger partial charge in [-0.2, -0.15) is 0 Å². The first-order valence-corrected chi connectivity index (χ1v) is 18.3. The Labute approximate surface area is 268 Å². The fraction of sp³-hybridized carbons (Fsp3) is 0.242. The molecule has 4 aromatic rings. The molecule has 1 amide bonds. The summed E-state index contributed by atoms with van der Waals surface area (Å²) in [4.78, 5) is 15.6.